The van der Waals surface area contributed by atoms with E-state index in [1.54, 1.807) is 16.7 Å². The zero-order valence-corrected chi connectivity index (χ0v) is 15.5. The summed E-state index contributed by atoms with van der Waals surface area (Å²) < 4.78 is 18.1. The number of fused-ring (bicyclic) bond motifs is 3. The largest absolute Gasteiger partial charge is 0.276 e. The Balaban J connectivity index is 1.84. The van der Waals surface area contributed by atoms with Crippen molar-refractivity contribution < 1.29 is 4.39 Å². The number of rotatable bonds is 4. The molecular formula is C16H12ClFN4OS2. The summed E-state index contributed by atoms with van der Waals surface area (Å²) in [4.78, 5) is 12.5. The molecule has 128 valence electrons. The number of hydrogen-bond acceptors (Lipinski definition) is 5. The van der Waals surface area contributed by atoms with Crippen LogP contribution in [-0.2, 0) is 12.3 Å². The molecule has 0 aliphatic carbocycles. The second-order valence-electron chi connectivity index (χ2n) is 5.29. The minimum absolute atomic E-state index is 0.0684. The van der Waals surface area contributed by atoms with Crippen LogP contribution in [0.5, 0.6) is 0 Å². The Bertz CT molecular complexity index is 1130. The maximum Gasteiger partial charge on any atom is 0.272 e. The Morgan fingerprint density at radius 3 is 2.92 bits per heavy atom. The first-order valence-corrected chi connectivity index (χ1v) is 9.77. The summed E-state index contributed by atoms with van der Waals surface area (Å²) in [5.74, 6) is 0.462. The highest BCUT2D eigenvalue weighted by Crippen LogP contribution is 2.29. The van der Waals surface area contributed by atoms with E-state index in [9.17, 15) is 9.18 Å². The SMILES string of the molecule is CCn1c(=O)c2sccc2n2c(SCc3c(F)cccc3Cl)nnc12. The molecule has 25 heavy (non-hydrogen) atoms. The quantitative estimate of drug-likeness (QED) is 0.486. The fourth-order valence-corrected chi connectivity index (χ4v) is 4.79. The van der Waals surface area contributed by atoms with E-state index >= 15 is 0 Å². The molecule has 0 bridgehead atoms. The average Bonchev–Trinajstić information content (AvgIpc) is 3.22. The lowest BCUT2D eigenvalue weighted by Crippen LogP contribution is -2.21. The molecule has 0 amide bonds. The summed E-state index contributed by atoms with van der Waals surface area (Å²) in [6.45, 7) is 2.39. The highest BCUT2D eigenvalue weighted by molar-refractivity contribution is 7.98. The van der Waals surface area contributed by atoms with Crippen molar-refractivity contribution in [2.75, 3.05) is 0 Å². The fraction of sp³-hybridized carbons (Fsp3) is 0.188. The summed E-state index contributed by atoms with van der Waals surface area (Å²) in [6, 6.07) is 6.49. The van der Waals surface area contributed by atoms with Crippen LogP contribution in [0.1, 0.15) is 12.5 Å². The molecule has 3 heterocycles. The number of aryl methyl sites for hydroxylation is 1. The number of aromatic nitrogens is 4. The molecule has 1 aromatic carbocycles. The Kier molecular flexibility index (Phi) is 4.26. The normalized spacial score (nSPS) is 11.6. The van der Waals surface area contributed by atoms with Crippen LogP contribution in [-0.4, -0.2) is 19.2 Å². The van der Waals surface area contributed by atoms with Gasteiger partial charge in [0.15, 0.2) is 5.16 Å². The predicted molar refractivity (Wildman–Crippen MR) is 99.3 cm³/mol. The second-order valence-corrected chi connectivity index (χ2v) is 7.56. The van der Waals surface area contributed by atoms with Gasteiger partial charge in [-0.3, -0.25) is 13.8 Å². The Labute approximate surface area is 155 Å². The minimum atomic E-state index is -0.347. The standard InChI is InChI=1S/C16H12ClFN4OS2/c1-2-21-14(23)13-12(6-7-24-13)22-15(21)19-20-16(22)25-8-9-10(17)4-3-5-11(9)18/h3-7H,2,8H2,1H3. The van der Waals surface area contributed by atoms with Crippen molar-refractivity contribution in [3.05, 3.63) is 56.4 Å². The molecule has 0 saturated carbocycles. The smallest absolute Gasteiger partial charge is 0.272 e. The molecule has 0 aliphatic heterocycles. The maximum atomic E-state index is 14.0. The molecule has 5 nitrogen and oxygen atoms in total. The molecule has 4 aromatic rings. The van der Waals surface area contributed by atoms with E-state index in [0.29, 0.717) is 38.5 Å². The van der Waals surface area contributed by atoms with Crippen molar-refractivity contribution in [2.45, 2.75) is 24.4 Å². The highest BCUT2D eigenvalue weighted by Gasteiger charge is 2.18. The molecule has 0 N–H and O–H groups in total. The lowest BCUT2D eigenvalue weighted by Gasteiger charge is -2.07. The van der Waals surface area contributed by atoms with Gasteiger partial charge in [0, 0.05) is 22.9 Å². The van der Waals surface area contributed by atoms with Gasteiger partial charge in [0.2, 0.25) is 5.78 Å². The predicted octanol–water partition coefficient (Wildman–Crippen LogP) is 4.21. The van der Waals surface area contributed by atoms with Gasteiger partial charge >= 0.3 is 0 Å². The molecule has 3 aromatic heterocycles. The average molecular weight is 395 g/mol. The Morgan fingerprint density at radius 2 is 2.16 bits per heavy atom. The van der Waals surface area contributed by atoms with Gasteiger partial charge in [-0.1, -0.05) is 29.4 Å². The first kappa shape index (κ1) is 16.6. The number of thioether (sulfide) groups is 1. The molecule has 0 fully saturated rings. The third kappa shape index (κ3) is 2.65. The molecule has 0 spiro atoms. The number of benzene rings is 1. The zero-order valence-electron chi connectivity index (χ0n) is 13.1. The molecule has 0 unspecified atom stereocenters. The summed E-state index contributed by atoms with van der Waals surface area (Å²) in [6.07, 6.45) is 0. The summed E-state index contributed by atoms with van der Waals surface area (Å²) in [7, 11) is 0. The molecule has 0 aliphatic rings. The summed E-state index contributed by atoms with van der Waals surface area (Å²) >= 11 is 8.82. The highest BCUT2D eigenvalue weighted by atomic mass is 35.5. The maximum absolute atomic E-state index is 14.0. The van der Waals surface area contributed by atoms with E-state index in [1.807, 2.05) is 22.8 Å². The number of hydrogen-bond donors (Lipinski definition) is 0. The molecule has 9 heteroatoms. The van der Waals surface area contributed by atoms with Gasteiger partial charge in [0.1, 0.15) is 10.5 Å². The van der Waals surface area contributed by atoms with E-state index < -0.39 is 0 Å². The third-order valence-electron chi connectivity index (χ3n) is 3.91. The van der Waals surface area contributed by atoms with E-state index in [1.165, 1.54) is 29.2 Å². The first-order valence-electron chi connectivity index (χ1n) is 7.52. The minimum Gasteiger partial charge on any atom is -0.276 e. The van der Waals surface area contributed by atoms with Gasteiger partial charge < -0.3 is 0 Å². The van der Waals surface area contributed by atoms with Gasteiger partial charge in [-0.05, 0) is 30.5 Å². The van der Waals surface area contributed by atoms with Gasteiger partial charge in [0.25, 0.3) is 5.56 Å². The zero-order chi connectivity index (χ0) is 17.6. The van der Waals surface area contributed by atoms with E-state index in [0.717, 1.165) is 5.52 Å². The van der Waals surface area contributed by atoms with Crippen LogP contribution >= 0.6 is 34.7 Å². The molecule has 4 rings (SSSR count). The van der Waals surface area contributed by atoms with Crippen LogP contribution in [0, 0.1) is 5.82 Å². The van der Waals surface area contributed by atoms with Crippen molar-refractivity contribution in [1.82, 2.24) is 19.2 Å². The number of thiophene rings is 1. The van der Waals surface area contributed by atoms with Crippen LogP contribution in [0.15, 0.2) is 39.6 Å². The van der Waals surface area contributed by atoms with Gasteiger partial charge in [-0.15, -0.1) is 21.5 Å². The molecule has 0 saturated heterocycles. The van der Waals surface area contributed by atoms with Crippen LogP contribution < -0.4 is 5.56 Å². The Morgan fingerprint density at radius 1 is 1.32 bits per heavy atom. The van der Waals surface area contributed by atoms with Crippen LogP contribution in [0.3, 0.4) is 0 Å². The number of nitrogens with zero attached hydrogens (tertiary/aromatic N) is 4. The topological polar surface area (TPSA) is 52.2 Å². The van der Waals surface area contributed by atoms with Gasteiger partial charge in [0.05, 0.1) is 5.52 Å². The fourth-order valence-electron chi connectivity index (χ4n) is 2.69. The first-order chi connectivity index (χ1) is 12.1. The Hall–Kier alpha value is -1.90. The summed E-state index contributed by atoms with van der Waals surface area (Å²) in [5, 5.41) is 11.2. The van der Waals surface area contributed by atoms with Crippen LogP contribution in [0.25, 0.3) is 16.0 Å². The van der Waals surface area contributed by atoms with Gasteiger partial charge in [-0.25, -0.2) is 4.39 Å². The van der Waals surface area contributed by atoms with Crippen molar-refractivity contribution in [3.63, 3.8) is 0 Å². The van der Waals surface area contributed by atoms with Crippen molar-refractivity contribution in [3.8, 4) is 0 Å². The summed E-state index contributed by atoms with van der Waals surface area (Å²) in [5.41, 5.74) is 1.12. The third-order valence-corrected chi connectivity index (χ3v) is 6.11. The van der Waals surface area contributed by atoms with Crippen molar-refractivity contribution >= 4 is 50.7 Å². The van der Waals surface area contributed by atoms with Crippen LogP contribution in [0.2, 0.25) is 5.02 Å². The lowest BCUT2D eigenvalue weighted by atomic mass is 10.2. The monoisotopic (exact) mass is 394 g/mol. The van der Waals surface area contributed by atoms with E-state index in [-0.39, 0.29) is 11.4 Å². The van der Waals surface area contributed by atoms with E-state index in [2.05, 4.69) is 10.2 Å². The van der Waals surface area contributed by atoms with Gasteiger partial charge in [-0.2, -0.15) is 0 Å². The molecule has 0 atom stereocenters. The second kappa shape index (κ2) is 6.44. The van der Waals surface area contributed by atoms with Crippen LogP contribution in [0.4, 0.5) is 4.39 Å². The van der Waals surface area contributed by atoms with Crippen molar-refractivity contribution in [1.29, 1.82) is 0 Å². The molecular weight excluding hydrogens is 383 g/mol. The van der Waals surface area contributed by atoms with E-state index in [4.69, 9.17) is 11.6 Å². The number of halogens is 2. The van der Waals surface area contributed by atoms with Crippen molar-refractivity contribution in [2.24, 2.45) is 0 Å². The lowest BCUT2D eigenvalue weighted by molar-refractivity contribution is 0.617. The molecule has 0 radical (unpaired) electrons.